The van der Waals surface area contributed by atoms with E-state index in [1.807, 2.05) is 0 Å². The zero-order valence-corrected chi connectivity index (χ0v) is 28.0. The van der Waals surface area contributed by atoms with Crippen LogP contribution in [0.5, 0.6) is 0 Å². The number of fused-ring (bicyclic) bond motifs is 7. The molecular weight excluding hydrogens is 552 g/mol. The summed E-state index contributed by atoms with van der Waals surface area (Å²) in [6, 6.07) is 0.132. The number of piperazine rings is 1. The Morgan fingerprint density at radius 1 is 1.00 bits per heavy atom. The van der Waals surface area contributed by atoms with Gasteiger partial charge in [0.2, 0.25) is 11.8 Å². The van der Waals surface area contributed by atoms with E-state index in [0.29, 0.717) is 41.9 Å². The Morgan fingerprint density at radius 2 is 1.80 bits per heavy atom. The molecule has 6 fully saturated rings. The van der Waals surface area contributed by atoms with E-state index >= 15 is 0 Å². The van der Waals surface area contributed by atoms with Gasteiger partial charge in [0.05, 0.1) is 19.4 Å². The molecule has 3 aliphatic heterocycles. The summed E-state index contributed by atoms with van der Waals surface area (Å²) in [6.45, 7) is 15.2. The molecule has 2 amide bonds. The van der Waals surface area contributed by atoms with Gasteiger partial charge in [0.25, 0.3) is 0 Å². The van der Waals surface area contributed by atoms with Gasteiger partial charge in [-0.2, -0.15) is 0 Å². The van der Waals surface area contributed by atoms with Crippen LogP contribution in [-0.4, -0.2) is 86.0 Å². The van der Waals surface area contributed by atoms with Crippen molar-refractivity contribution in [1.82, 2.24) is 20.4 Å². The normalized spacial score (nSPS) is 47.2. The molecule has 8 heteroatoms. The molecule has 1 unspecified atom stereocenters. The lowest BCUT2D eigenvalue weighted by Gasteiger charge is -2.58. The van der Waals surface area contributed by atoms with Crippen molar-refractivity contribution in [2.75, 3.05) is 46.5 Å². The van der Waals surface area contributed by atoms with Gasteiger partial charge in [-0.15, -0.1) is 0 Å². The third-order valence-corrected chi connectivity index (χ3v) is 14.2. The number of amides is 2. The van der Waals surface area contributed by atoms with Crippen LogP contribution < -0.4 is 10.6 Å². The van der Waals surface area contributed by atoms with Gasteiger partial charge in [-0.25, -0.2) is 0 Å². The number of rotatable bonds is 5. The summed E-state index contributed by atoms with van der Waals surface area (Å²) in [5.41, 5.74) is 2.11. The number of allylic oxidation sites excluding steroid dienone is 1. The number of nitrogens with zero attached hydrogens (tertiary/aromatic N) is 2. The maximum Gasteiger partial charge on any atom is 0.230 e. The highest BCUT2D eigenvalue weighted by molar-refractivity contribution is 5.96. The first-order valence-corrected chi connectivity index (χ1v) is 18.0. The predicted octanol–water partition coefficient (Wildman–Crippen LogP) is 4.55. The van der Waals surface area contributed by atoms with Crippen molar-refractivity contribution < 1.29 is 19.1 Å². The molecule has 0 aromatic carbocycles. The van der Waals surface area contributed by atoms with Crippen molar-refractivity contribution in [3.63, 3.8) is 0 Å². The number of hydrogen-bond acceptors (Lipinski definition) is 6. The molecule has 3 saturated heterocycles. The van der Waals surface area contributed by atoms with Gasteiger partial charge in [-0.05, 0) is 98.8 Å². The quantitative estimate of drug-likeness (QED) is 0.351. The molecule has 7 rings (SSSR count). The van der Waals surface area contributed by atoms with Crippen LogP contribution in [0.1, 0.15) is 91.9 Å². The largest absolute Gasteiger partial charge is 0.353 e. The Hall–Kier alpha value is -1.48. The number of nitrogens with one attached hydrogen (secondary N) is 2. The molecule has 7 aliphatic rings. The van der Waals surface area contributed by atoms with E-state index in [1.54, 1.807) is 5.57 Å². The van der Waals surface area contributed by atoms with E-state index in [2.05, 4.69) is 61.3 Å². The van der Waals surface area contributed by atoms with E-state index in [4.69, 9.17) is 9.47 Å². The highest BCUT2D eigenvalue weighted by atomic mass is 16.7. The Balaban J connectivity index is 0.949. The van der Waals surface area contributed by atoms with E-state index in [9.17, 15) is 9.59 Å². The topological polar surface area (TPSA) is 83.1 Å². The molecule has 0 bridgehead atoms. The summed E-state index contributed by atoms with van der Waals surface area (Å²) < 4.78 is 13.5. The van der Waals surface area contributed by atoms with Gasteiger partial charge in [0.1, 0.15) is 6.42 Å². The third-order valence-electron chi connectivity index (χ3n) is 14.2. The smallest absolute Gasteiger partial charge is 0.230 e. The van der Waals surface area contributed by atoms with Gasteiger partial charge in [0.15, 0.2) is 5.79 Å². The van der Waals surface area contributed by atoms with Crippen LogP contribution in [0.4, 0.5) is 0 Å². The van der Waals surface area contributed by atoms with Crippen LogP contribution in [0.3, 0.4) is 0 Å². The van der Waals surface area contributed by atoms with Gasteiger partial charge in [0, 0.05) is 44.6 Å². The second kappa shape index (κ2) is 11.6. The van der Waals surface area contributed by atoms with Crippen molar-refractivity contribution in [2.24, 2.45) is 46.3 Å². The molecule has 4 aliphatic carbocycles. The SMILES string of the molecule is C[C@@H]1CC[C@@]2(OC1)O[C@H]1C[C@H]3[C@@H]4CC=C5CC(NC(=O)CC(=O)NCN6CCN(C)CC6)CC[C@]5(C)[C@H]4CC[C@]3(C)[C@H]1[C@@H]2C. The van der Waals surface area contributed by atoms with Crippen LogP contribution in [0.15, 0.2) is 11.6 Å². The van der Waals surface area contributed by atoms with E-state index in [-0.39, 0.29) is 35.5 Å². The maximum atomic E-state index is 12.9. The summed E-state index contributed by atoms with van der Waals surface area (Å²) in [6.07, 6.45) is 13.1. The Labute approximate surface area is 265 Å². The molecule has 0 radical (unpaired) electrons. The van der Waals surface area contributed by atoms with Crippen molar-refractivity contribution in [3.05, 3.63) is 11.6 Å². The molecule has 8 nitrogen and oxygen atoms in total. The number of hydrogen-bond donors (Lipinski definition) is 2. The zero-order chi connectivity index (χ0) is 30.9. The lowest BCUT2D eigenvalue weighted by atomic mass is 9.46. The van der Waals surface area contributed by atoms with Crippen molar-refractivity contribution >= 4 is 11.8 Å². The Kier molecular flexibility index (Phi) is 8.24. The zero-order valence-electron chi connectivity index (χ0n) is 28.0. The fourth-order valence-corrected chi connectivity index (χ4v) is 11.5. The summed E-state index contributed by atoms with van der Waals surface area (Å²) in [5.74, 6) is 3.20. The first-order valence-electron chi connectivity index (χ1n) is 18.0. The molecule has 0 aromatic heterocycles. The summed E-state index contributed by atoms with van der Waals surface area (Å²) in [4.78, 5) is 29.9. The van der Waals surface area contributed by atoms with Crippen molar-refractivity contribution in [3.8, 4) is 0 Å². The highest BCUT2D eigenvalue weighted by Gasteiger charge is 2.68. The second-order valence-corrected chi connectivity index (χ2v) is 16.6. The predicted molar refractivity (Wildman–Crippen MR) is 170 cm³/mol. The van der Waals surface area contributed by atoms with Crippen LogP contribution in [0.25, 0.3) is 0 Å². The van der Waals surface area contributed by atoms with Crippen molar-refractivity contribution in [2.45, 2.75) is 110 Å². The van der Waals surface area contributed by atoms with Gasteiger partial charge < -0.3 is 25.0 Å². The molecule has 2 N–H and O–H groups in total. The van der Waals surface area contributed by atoms with Gasteiger partial charge >= 0.3 is 0 Å². The molecule has 246 valence electrons. The fourth-order valence-electron chi connectivity index (χ4n) is 11.5. The summed E-state index contributed by atoms with van der Waals surface area (Å²) in [7, 11) is 2.12. The monoisotopic (exact) mass is 610 g/mol. The van der Waals surface area contributed by atoms with E-state index < -0.39 is 0 Å². The second-order valence-electron chi connectivity index (χ2n) is 16.6. The van der Waals surface area contributed by atoms with E-state index in [0.717, 1.165) is 76.7 Å². The first-order chi connectivity index (χ1) is 21.0. The van der Waals surface area contributed by atoms with E-state index in [1.165, 1.54) is 25.7 Å². The molecule has 11 atom stereocenters. The average Bonchev–Trinajstić information content (AvgIpc) is 3.44. The summed E-state index contributed by atoms with van der Waals surface area (Å²) in [5, 5.41) is 6.19. The standard InChI is InChI=1S/C36H58N4O4/c1-23-8-13-36(43-21-23)24(2)33-30(44-36)19-29-27-7-6-25-18-26(9-11-34(25,3)28(27)10-12-35(29,33)4)38-32(42)20-31(41)37-22-40-16-14-39(5)15-17-40/h6,23-24,26-30,33H,7-22H2,1-5H3,(H,37,41)(H,38,42)/t23-,24+,26?,27-,28+,29+,30+,33+,34+,35+,36-/m1/s1. The fraction of sp³-hybridized carbons (Fsp3) is 0.889. The van der Waals surface area contributed by atoms with Crippen LogP contribution in [-0.2, 0) is 19.1 Å². The van der Waals surface area contributed by atoms with Crippen LogP contribution >= 0.6 is 0 Å². The van der Waals surface area contributed by atoms with Crippen LogP contribution in [0.2, 0.25) is 0 Å². The molecule has 3 heterocycles. The molecule has 0 aromatic rings. The molecule has 44 heavy (non-hydrogen) atoms. The average molecular weight is 611 g/mol. The maximum absolute atomic E-state index is 12.9. The van der Waals surface area contributed by atoms with Gasteiger partial charge in [-0.3, -0.25) is 14.5 Å². The molecular formula is C36H58N4O4. The van der Waals surface area contributed by atoms with Crippen LogP contribution in [0, 0.1) is 46.3 Å². The molecule has 1 spiro atoms. The van der Waals surface area contributed by atoms with Crippen molar-refractivity contribution in [1.29, 1.82) is 0 Å². The molecule has 3 saturated carbocycles. The lowest BCUT2D eigenvalue weighted by Crippen LogP contribution is -2.53. The van der Waals surface area contributed by atoms with Gasteiger partial charge in [-0.1, -0.05) is 39.3 Å². The lowest BCUT2D eigenvalue weighted by molar-refractivity contribution is -0.272. The number of carbonyl (C=O) groups is 2. The Morgan fingerprint density at radius 3 is 2.55 bits per heavy atom. The number of likely N-dealkylation sites (N-methyl/N-ethyl adjacent to an activating group) is 1. The Bertz CT molecular complexity index is 1140. The minimum Gasteiger partial charge on any atom is -0.353 e. The summed E-state index contributed by atoms with van der Waals surface area (Å²) >= 11 is 0. The minimum atomic E-state index is -0.341. The third kappa shape index (κ3) is 5.28. The first kappa shape index (κ1) is 31.1. The number of ether oxygens (including phenoxy) is 2. The minimum absolute atomic E-state index is 0.0836. The highest BCUT2D eigenvalue weighted by Crippen LogP contribution is 2.70. The number of carbonyl (C=O) groups excluding carboxylic acids is 2.